The van der Waals surface area contributed by atoms with Gasteiger partial charge in [0.05, 0.1) is 0 Å². The Morgan fingerprint density at radius 1 is 1.11 bits per heavy atom. The lowest BCUT2D eigenvalue weighted by molar-refractivity contribution is -0.128. The number of carbonyl (C=O) groups is 3. The molecule has 4 amide bonds. The summed E-state index contributed by atoms with van der Waals surface area (Å²) in [6.07, 6.45) is 7.13. The number of hydrogen-bond donors (Lipinski definition) is 4. The Balaban J connectivity index is 2.16. The number of hydrogen-bond acceptors (Lipinski definition) is 3. The largest absolute Gasteiger partial charge is 0.367 e. The van der Waals surface area contributed by atoms with Crippen molar-refractivity contribution in [2.45, 2.75) is 44.6 Å². The Morgan fingerprint density at radius 3 is 2.21 bits per heavy atom. The van der Waals surface area contributed by atoms with Crippen molar-refractivity contribution in [2.75, 3.05) is 6.54 Å². The van der Waals surface area contributed by atoms with Crippen LogP contribution in [0.5, 0.6) is 0 Å². The summed E-state index contributed by atoms with van der Waals surface area (Å²) in [4.78, 5) is 33.1. The first-order chi connectivity index (χ1) is 9.00. The molecule has 0 aliphatic heterocycles. The predicted octanol–water partition coefficient (Wildman–Crippen LogP) is -0.405. The average molecular weight is 270 g/mol. The number of carbonyl (C=O) groups excluding carboxylic acids is 3. The normalized spacial score (nSPS) is 15.4. The van der Waals surface area contributed by atoms with E-state index in [1.165, 1.54) is 25.7 Å². The van der Waals surface area contributed by atoms with Crippen LogP contribution in [0.25, 0.3) is 0 Å². The maximum atomic E-state index is 11.4. The van der Waals surface area contributed by atoms with Crippen molar-refractivity contribution in [3.8, 4) is 0 Å². The summed E-state index contributed by atoms with van der Waals surface area (Å²) >= 11 is 0. The van der Waals surface area contributed by atoms with Crippen LogP contribution in [-0.2, 0) is 9.59 Å². The molecule has 6 N–H and O–H groups in total. The van der Waals surface area contributed by atoms with Gasteiger partial charge >= 0.3 is 6.03 Å². The van der Waals surface area contributed by atoms with E-state index >= 15 is 0 Å². The van der Waals surface area contributed by atoms with Crippen LogP contribution in [0.1, 0.15) is 38.5 Å². The van der Waals surface area contributed by atoms with E-state index in [9.17, 15) is 14.4 Å². The summed E-state index contributed by atoms with van der Waals surface area (Å²) in [6, 6.07) is -2.07. The van der Waals surface area contributed by atoms with Gasteiger partial charge in [-0.2, -0.15) is 0 Å². The van der Waals surface area contributed by atoms with Crippen molar-refractivity contribution in [3.05, 3.63) is 0 Å². The molecular formula is C12H22N4O3. The van der Waals surface area contributed by atoms with Crippen LogP contribution >= 0.6 is 0 Å². The first kappa shape index (κ1) is 15.3. The number of amides is 4. The van der Waals surface area contributed by atoms with Gasteiger partial charge < -0.3 is 22.1 Å². The minimum Gasteiger partial charge on any atom is -0.367 e. The van der Waals surface area contributed by atoms with E-state index in [-0.39, 0.29) is 0 Å². The lowest BCUT2D eigenvalue weighted by atomic mass is 10.0. The Labute approximate surface area is 112 Å². The van der Waals surface area contributed by atoms with E-state index in [0.29, 0.717) is 6.54 Å². The van der Waals surface area contributed by atoms with Crippen LogP contribution in [0, 0.1) is 5.92 Å². The molecular weight excluding hydrogens is 248 g/mol. The van der Waals surface area contributed by atoms with Crippen LogP contribution in [0.4, 0.5) is 4.79 Å². The fourth-order valence-electron chi connectivity index (χ4n) is 2.36. The van der Waals surface area contributed by atoms with Gasteiger partial charge in [0, 0.05) is 6.54 Å². The zero-order chi connectivity index (χ0) is 14.3. The molecule has 108 valence electrons. The molecule has 0 radical (unpaired) electrons. The molecule has 1 rings (SSSR count). The van der Waals surface area contributed by atoms with Crippen molar-refractivity contribution in [1.29, 1.82) is 0 Å². The Kier molecular flexibility index (Phi) is 6.11. The van der Waals surface area contributed by atoms with Crippen LogP contribution in [-0.4, -0.2) is 30.4 Å². The van der Waals surface area contributed by atoms with Gasteiger partial charge in [0.1, 0.15) is 0 Å². The summed E-state index contributed by atoms with van der Waals surface area (Å²) in [5.74, 6) is -1.16. The molecule has 0 unspecified atom stereocenters. The summed E-state index contributed by atoms with van der Waals surface area (Å²) in [6.45, 7) is 0.507. The third kappa shape index (κ3) is 5.58. The molecule has 7 heteroatoms. The maximum Gasteiger partial charge on any atom is 0.315 e. The van der Waals surface area contributed by atoms with Gasteiger partial charge in [-0.3, -0.25) is 9.59 Å². The quantitative estimate of drug-likeness (QED) is 0.371. The zero-order valence-electron chi connectivity index (χ0n) is 11.0. The molecule has 0 aromatic heterocycles. The molecule has 0 aromatic rings. The molecule has 1 fully saturated rings. The second-order valence-corrected chi connectivity index (χ2v) is 4.93. The van der Waals surface area contributed by atoms with Crippen LogP contribution in [0.2, 0.25) is 0 Å². The molecule has 1 aliphatic carbocycles. The third-order valence-corrected chi connectivity index (χ3v) is 3.39. The van der Waals surface area contributed by atoms with Gasteiger partial charge in [-0.05, 0) is 18.8 Å². The summed E-state index contributed by atoms with van der Waals surface area (Å²) in [5, 5.41) is 4.73. The number of nitrogens with one attached hydrogen (secondary N) is 2. The fourth-order valence-corrected chi connectivity index (χ4v) is 2.36. The maximum absolute atomic E-state index is 11.4. The van der Waals surface area contributed by atoms with Gasteiger partial charge in [-0.25, -0.2) is 4.79 Å². The van der Waals surface area contributed by atoms with Gasteiger partial charge in [0.15, 0.2) is 6.04 Å². The highest BCUT2D eigenvalue weighted by Gasteiger charge is 2.23. The van der Waals surface area contributed by atoms with E-state index < -0.39 is 23.9 Å². The van der Waals surface area contributed by atoms with E-state index in [1.807, 2.05) is 0 Å². The summed E-state index contributed by atoms with van der Waals surface area (Å²) < 4.78 is 0. The Morgan fingerprint density at radius 2 is 1.68 bits per heavy atom. The highest BCUT2D eigenvalue weighted by atomic mass is 16.2. The number of nitrogens with two attached hydrogens (primary N) is 2. The second kappa shape index (κ2) is 7.60. The van der Waals surface area contributed by atoms with Crippen LogP contribution in [0.15, 0.2) is 0 Å². The monoisotopic (exact) mass is 270 g/mol. The van der Waals surface area contributed by atoms with E-state index in [2.05, 4.69) is 10.6 Å². The van der Waals surface area contributed by atoms with Gasteiger partial charge in [-0.15, -0.1) is 0 Å². The SMILES string of the molecule is NC(=O)C(NC(=O)NCCCC1CCCC1)C(N)=O. The number of primary amides is 2. The third-order valence-electron chi connectivity index (χ3n) is 3.39. The number of rotatable bonds is 7. The lowest BCUT2D eigenvalue weighted by Gasteiger charge is -2.13. The summed E-state index contributed by atoms with van der Waals surface area (Å²) in [5.41, 5.74) is 9.88. The van der Waals surface area contributed by atoms with Crippen molar-refractivity contribution in [2.24, 2.45) is 17.4 Å². The molecule has 1 saturated carbocycles. The van der Waals surface area contributed by atoms with Gasteiger partial charge in [-0.1, -0.05) is 25.7 Å². The molecule has 0 heterocycles. The van der Waals surface area contributed by atoms with Crippen molar-refractivity contribution in [3.63, 3.8) is 0 Å². The minimum atomic E-state index is -1.46. The Hall–Kier alpha value is -1.79. The molecule has 0 bridgehead atoms. The molecule has 7 nitrogen and oxygen atoms in total. The number of urea groups is 1. The molecule has 0 spiro atoms. The van der Waals surface area contributed by atoms with Gasteiger partial charge in [0.25, 0.3) is 0 Å². The van der Waals surface area contributed by atoms with Crippen LogP contribution < -0.4 is 22.1 Å². The van der Waals surface area contributed by atoms with E-state index in [1.54, 1.807) is 0 Å². The first-order valence-electron chi connectivity index (χ1n) is 6.63. The molecule has 19 heavy (non-hydrogen) atoms. The zero-order valence-corrected chi connectivity index (χ0v) is 11.0. The standard InChI is InChI=1S/C12H22N4O3/c13-10(17)9(11(14)18)16-12(19)15-7-3-6-8-4-1-2-5-8/h8-9H,1-7H2,(H2,13,17)(H2,14,18)(H2,15,16,19). The minimum absolute atomic E-state index is 0.507. The van der Waals surface area contributed by atoms with Crippen molar-refractivity contribution < 1.29 is 14.4 Å². The smallest absolute Gasteiger partial charge is 0.315 e. The van der Waals surface area contributed by atoms with E-state index in [4.69, 9.17) is 11.5 Å². The molecule has 0 atom stereocenters. The summed E-state index contributed by atoms with van der Waals surface area (Å²) in [7, 11) is 0. The van der Waals surface area contributed by atoms with Crippen molar-refractivity contribution in [1.82, 2.24) is 10.6 Å². The van der Waals surface area contributed by atoms with Gasteiger partial charge in [0.2, 0.25) is 11.8 Å². The molecule has 1 aliphatic rings. The van der Waals surface area contributed by atoms with E-state index in [0.717, 1.165) is 18.8 Å². The lowest BCUT2D eigenvalue weighted by Crippen LogP contribution is -2.55. The van der Waals surface area contributed by atoms with Crippen molar-refractivity contribution >= 4 is 17.8 Å². The predicted molar refractivity (Wildman–Crippen MR) is 69.9 cm³/mol. The topological polar surface area (TPSA) is 127 Å². The molecule has 0 aromatic carbocycles. The first-order valence-corrected chi connectivity index (χ1v) is 6.63. The van der Waals surface area contributed by atoms with Crippen LogP contribution in [0.3, 0.4) is 0 Å². The second-order valence-electron chi connectivity index (χ2n) is 4.93. The average Bonchev–Trinajstić information content (AvgIpc) is 2.84. The molecule has 0 saturated heterocycles. The Bertz CT molecular complexity index is 326. The highest BCUT2D eigenvalue weighted by molar-refractivity contribution is 6.05. The highest BCUT2D eigenvalue weighted by Crippen LogP contribution is 2.28. The fraction of sp³-hybridized carbons (Fsp3) is 0.750.